The first-order valence-electron chi connectivity index (χ1n) is 7.03. The number of carboxylic acids is 1. The molecule has 0 bridgehead atoms. The van der Waals surface area contributed by atoms with Gasteiger partial charge in [0.05, 0.1) is 5.41 Å². The number of carbonyl (C=O) groups is 1. The number of nitrogens with zero attached hydrogens (tertiary/aromatic N) is 1. The molecule has 3 heteroatoms. The maximum Gasteiger partial charge on any atom is 0.310 e. The van der Waals surface area contributed by atoms with E-state index in [-0.39, 0.29) is 0 Å². The van der Waals surface area contributed by atoms with E-state index in [0.29, 0.717) is 6.04 Å². The largest absolute Gasteiger partial charge is 0.481 e. The summed E-state index contributed by atoms with van der Waals surface area (Å²) in [5.41, 5.74) is -0.543. The van der Waals surface area contributed by atoms with Crippen molar-refractivity contribution in [2.45, 2.75) is 65.3 Å². The lowest BCUT2D eigenvalue weighted by Gasteiger charge is -2.36. The standard InChI is InChI=1S/C14H27NO2/c1-4-14(5-2,13(16)17)11-15-10-8-6-7-9-12(15)3/h12H,4-11H2,1-3H3,(H,16,17). The van der Waals surface area contributed by atoms with Gasteiger partial charge in [0.2, 0.25) is 0 Å². The maximum absolute atomic E-state index is 11.5. The lowest BCUT2D eigenvalue weighted by atomic mass is 9.81. The van der Waals surface area contributed by atoms with E-state index < -0.39 is 11.4 Å². The van der Waals surface area contributed by atoms with E-state index in [2.05, 4.69) is 11.8 Å². The van der Waals surface area contributed by atoms with Crippen molar-refractivity contribution in [3.63, 3.8) is 0 Å². The second kappa shape index (κ2) is 6.39. The van der Waals surface area contributed by atoms with E-state index in [1.165, 1.54) is 25.7 Å². The van der Waals surface area contributed by atoms with Crippen molar-refractivity contribution in [3.05, 3.63) is 0 Å². The molecule has 1 atom stereocenters. The van der Waals surface area contributed by atoms with Gasteiger partial charge in [-0.05, 0) is 39.2 Å². The van der Waals surface area contributed by atoms with Crippen molar-refractivity contribution >= 4 is 5.97 Å². The van der Waals surface area contributed by atoms with Crippen molar-refractivity contribution < 1.29 is 9.90 Å². The molecule has 100 valence electrons. The smallest absolute Gasteiger partial charge is 0.310 e. The summed E-state index contributed by atoms with van der Waals surface area (Å²) in [6.07, 6.45) is 6.45. The zero-order valence-corrected chi connectivity index (χ0v) is 11.5. The zero-order chi connectivity index (χ0) is 12.9. The summed E-state index contributed by atoms with van der Waals surface area (Å²) in [7, 11) is 0. The van der Waals surface area contributed by atoms with Crippen molar-refractivity contribution in [2.75, 3.05) is 13.1 Å². The van der Waals surface area contributed by atoms with Crippen molar-refractivity contribution in [1.29, 1.82) is 0 Å². The number of hydrogen-bond donors (Lipinski definition) is 1. The highest BCUT2D eigenvalue weighted by atomic mass is 16.4. The number of rotatable bonds is 5. The Balaban J connectivity index is 2.74. The molecule has 0 aromatic rings. The van der Waals surface area contributed by atoms with E-state index in [1.807, 2.05) is 13.8 Å². The fraction of sp³-hybridized carbons (Fsp3) is 0.929. The van der Waals surface area contributed by atoms with Gasteiger partial charge in [0.15, 0.2) is 0 Å². The minimum absolute atomic E-state index is 0.536. The molecule has 3 nitrogen and oxygen atoms in total. The summed E-state index contributed by atoms with van der Waals surface area (Å²) in [5.74, 6) is -0.626. The summed E-state index contributed by atoms with van der Waals surface area (Å²) < 4.78 is 0. The second-order valence-corrected chi connectivity index (χ2v) is 5.46. The van der Waals surface area contributed by atoms with E-state index in [1.54, 1.807) is 0 Å². The molecule has 0 spiro atoms. The van der Waals surface area contributed by atoms with Gasteiger partial charge in [0.1, 0.15) is 0 Å². The first-order chi connectivity index (χ1) is 8.05. The molecule has 0 aromatic carbocycles. The van der Waals surface area contributed by atoms with Gasteiger partial charge in [0, 0.05) is 12.6 Å². The highest BCUT2D eigenvalue weighted by Gasteiger charge is 2.37. The number of likely N-dealkylation sites (tertiary alicyclic amines) is 1. The summed E-state index contributed by atoms with van der Waals surface area (Å²) in [4.78, 5) is 13.9. The maximum atomic E-state index is 11.5. The Morgan fingerprint density at radius 1 is 1.29 bits per heavy atom. The van der Waals surface area contributed by atoms with Gasteiger partial charge in [-0.3, -0.25) is 9.69 Å². The van der Waals surface area contributed by atoms with E-state index in [9.17, 15) is 9.90 Å². The Labute approximate surface area is 105 Å². The minimum atomic E-state index is -0.626. The van der Waals surface area contributed by atoms with Crippen LogP contribution in [0.4, 0.5) is 0 Å². The third-order valence-corrected chi connectivity index (χ3v) is 4.50. The summed E-state index contributed by atoms with van der Waals surface area (Å²) in [5, 5.41) is 9.48. The number of carboxylic acid groups (broad SMARTS) is 1. The molecule has 0 aromatic heterocycles. The van der Waals surface area contributed by atoms with Gasteiger partial charge in [0.25, 0.3) is 0 Å². The van der Waals surface area contributed by atoms with Crippen molar-refractivity contribution in [1.82, 2.24) is 4.90 Å². The van der Waals surface area contributed by atoms with Crippen LogP contribution in [0.2, 0.25) is 0 Å². The normalized spacial score (nSPS) is 23.4. The Morgan fingerprint density at radius 2 is 1.94 bits per heavy atom. The average Bonchev–Trinajstić information content (AvgIpc) is 2.51. The zero-order valence-electron chi connectivity index (χ0n) is 11.5. The van der Waals surface area contributed by atoms with Crippen LogP contribution in [0.25, 0.3) is 0 Å². The average molecular weight is 241 g/mol. The molecule has 0 amide bonds. The van der Waals surface area contributed by atoms with Gasteiger partial charge in [-0.2, -0.15) is 0 Å². The van der Waals surface area contributed by atoms with E-state index >= 15 is 0 Å². The fourth-order valence-electron chi connectivity index (χ4n) is 2.80. The number of hydrogen-bond acceptors (Lipinski definition) is 2. The molecule has 17 heavy (non-hydrogen) atoms. The molecule has 1 heterocycles. The molecule has 0 saturated carbocycles. The molecule has 1 aliphatic rings. The van der Waals surface area contributed by atoms with Crippen LogP contribution in [-0.4, -0.2) is 35.1 Å². The molecular formula is C14H27NO2. The van der Waals surface area contributed by atoms with E-state index in [0.717, 1.165) is 25.9 Å². The van der Waals surface area contributed by atoms with Gasteiger partial charge in [-0.25, -0.2) is 0 Å². The summed E-state index contributed by atoms with van der Waals surface area (Å²) >= 11 is 0. The topological polar surface area (TPSA) is 40.5 Å². The quantitative estimate of drug-likeness (QED) is 0.804. The molecule has 0 radical (unpaired) electrons. The molecular weight excluding hydrogens is 214 g/mol. The minimum Gasteiger partial charge on any atom is -0.481 e. The first-order valence-corrected chi connectivity index (χ1v) is 7.03. The van der Waals surface area contributed by atoms with Crippen LogP contribution >= 0.6 is 0 Å². The molecule has 1 N–H and O–H groups in total. The van der Waals surface area contributed by atoms with Crippen molar-refractivity contribution in [3.8, 4) is 0 Å². The van der Waals surface area contributed by atoms with Crippen LogP contribution in [0.5, 0.6) is 0 Å². The third-order valence-electron chi connectivity index (χ3n) is 4.50. The SMILES string of the molecule is CCC(CC)(CN1CCCCCC1C)C(=O)O. The second-order valence-electron chi connectivity index (χ2n) is 5.46. The van der Waals surface area contributed by atoms with Crippen LogP contribution in [0.3, 0.4) is 0 Å². The Morgan fingerprint density at radius 3 is 2.47 bits per heavy atom. The highest BCUT2D eigenvalue weighted by Crippen LogP contribution is 2.30. The van der Waals surface area contributed by atoms with Crippen LogP contribution in [-0.2, 0) is 4.79 Å². The predicted octanol–water partition coefficient (Wildman–Crippen LogP) is 3.14. The van der Waals surface area contributed by atoms with Gasteiger partial charge in [-0.15, -0.1) is 0 Å². The van der Waals surface area contributed by atoms with Crippen LogP contribution in [0, 0.1) is 5.41 Å². The predicted molar refractivity (Wildman–Crippen MR) is 70.2 cm³/mol. The number of aliphatic carboxylic acids is 1. The fourth-order valence-corrected chi connectivity index (χ4v) is 2.80. The molecule has 0 aliphatic carbocycles. The Bertz CT molecular complexity index is 249. The van der Waals surface area contributed by atoms with E-state index in [4.69, 9.17) is 0 Å². The van der Waals surface area contributed by atoms with Gasteiger partial charge >= 0.3 is 5.97 Å². The third kappa shape index (κ3) is 3.44. The van der Waals surface area contributed by atoms with Gasteiger partial charge < -0.3 is 5.11 Å². The molecule has 1 fully saturated rings. The highest BCUT2D eigenvalue weighted by molar-refractivity contribution is 5.74. The lowest BCUT2D eigenvalue weighted by molar-refractivity contribution is -0.151. The Hall–Kier alpha value is -0.570. The molecule has 1 saturated heterocycles. The van der Waals surface area contributed by atoms with Crippen LogP contribution in [0.1, 0.15) is 59.3 Å². The van der Waals surface area contributed by atoms with Crippen LogP contribution < -0.4 is 0 Å². The summed E-state index contributed by atoms with van der Waals surface area (Å²) in [6.45, 7) is 8.02. The molecule has 1 unspecified atom stereocenters. The Kier molecular flexibility index (Phi) is 5.44. The lowest BCUT2D eigenvalue weighted by Crippen LogP contribution is -2.45. The monoisotopic (exact) mass is 241 g/mol. The molecule has 1 rings (SSSR count). The van der Waals surface area contributed by atoms with Crippen LogP contribution in [0.15, 0.2) is 0 Å². The van der Waals surface area contributed by atoms with Gasteiger partial charge in [-0.1, -0.05) is 26.7 Å². The molecule has 1 aliphatic heterocycles. The van der Waals surface area contributed by atoms with Crippen molar-refractivity contribution in [2.24, 2.45) is 5.41 Å². The first kappa shape index (κ1) is 14.5. The summed E-state index contributed by atoms with van der Waals surface area (Å²) in [6, 6.07) is 0.536.